The van der Waals surface area contributed by atoms with E-state index in [1.54, 1.807) is 0 Å². The van der Waals surface area contributed by atoms with E-state index in [2.05, 4.69) is 9.97 Å². The van der Waals surface area contributed by atoms with E-state index in [-0.39, 0.29) is 0 Å². The second kappa shape index (κ2) is 4.48. The summed E-state index contributed by atoms with van der Waals surface area (Å²) in [4.78, 5) is 8.77. The van der Waals surface area contributed by atoms with Gasteiger partial charge in [0.1, 0.15) is 5.82 Å². The summed E-state index contributed by atoms with van der Waals surface area (Å²) in [7, 11) is 0. The Morgan fingerprint density at radius 2 is 2.21 bits per heavy atom. The van der Waals surface area contributed by atoms with E-state index in [0.29, 0.717) is 6.54 Å². The van der Waals surface area contributed by atoms with Crippen molar-refractivity contribution in [2.24, 2.45) is 5.73 Å². The summed E-state index contributed by atoms with van der Waals surface area (Å²) in [5.74, 6) is 0.855. The molecule has 1 aliphatic rings. The Kier molecular flexibility index (Phi) is 3.06. The van der Waals surface area contributed by atoms with E-state index in [9.17, 15) is 0 Å². The van der Waals surface area contributed by atoms with Crippen LogP contribution >= 0.6 is 0 Å². The molecule has 0 saturated heterocycles. The molecular formula is C10H15N3O. The lowest BCUT2D eigenvalue weighted by atomic mass is 10.1. The third kappa shape index (κ3) is 2.08. The largest absolute Gasteiger partial charge is 0.381 e. The lowest BCUT2D eigenvalue weighted by Gasteiger charge is -2.04. The minimum absolute atomic E-state index is 0.606. The quantitative estimate of drug-likeness (QED) is 0.723. The molecule has 0 amide bonds. The highest BCUT2D eigenvalue weighted by atomic mass is 16.5. The molecule has 0 fully saturated rings. The van der Waals surface area contributed by atoms with Crippen molar-refractivity contribution in [3.8, 4) is 0 Å². The van der Waals surface area contributed by atoms with Crippen molar-refractivity contribution in [1.29, 1.82) is 0 Å². The fourth-order valence-corrected chi connectivity index (χ4v) is 1.61. The maximum atomic E-state index is 5.46. The van der Waals surface area contributed by atoms with Crippen molar-refractivity contribution < 1.29 is 4.74 Å². The Morgan fingerprint density at radius 1 is 1.36 bits per heavy atom. The molecule has 0 radical (unpaired) electrons. The Balaban J connectivity index is 2.23. The predicted molar refractivity (Wildman–Crippen MR) is 53.0 cm³/mol. The first-order valence-electron chi connectivity index (χ1n) is 5.01. The van der Waals surface area contributed by atoms with Gasteiger partial charge in [0.05, 0.1) is 13.2 Å². The van der Waals surface area contributed by atoms with Gasteiger partial charge in [0, 0.05) is 24.7 Å². The van der Waals surface area contributed by atoms with Crippen LogP contribution in [0.3, 0.4) is 0 Å². The second-order valence-corrected chi connectivity index (χ2v) is 3.41. The molecule has 2 rings (SSSR count). The summed E-state index contributed by atoms with van der Waals surface area (Å²) in [6, 6.07) is 0. The van der Waals surface area contributed by atoms with E-state index in [1.807, 2.05) is 6.20 Å². The Bertz CT molecular complexity index is 314. The molecule has 4 nitrogen and oxygen atoms in total. The highest BCUT2D eigenvalue weighted by molar-refractivity contribution is 5.19. The molecule has 4 heteroatoms. The highest BCUT2D eigenvalue weighted by Crippen LogP contribution is 2.11. The molecule has 2 N–H and O–H groups in total. The number of rotatable bonds is 2. The lowest BCUT2D eigenvalue weighted by Crippen LogP contribution is -2.09. The van der Waals surface area contributed by atoms with Gasteiger partial charge >= 0.3 is 0 Å². The van der Waals surface area contributed by atoms with Crippen molar-refractivity contribution in [2.75, 3.05) is 19.8 Å². The number of nitrogens with zero attached hydrogens (tertiary/aromatic N) is 2. The van der Waals surface area contributed by atoms with Gasteiger partial charge in [0.25, 0.3) is 0 Å². The monoisotopic (exact) mass is 193 g/mol. The SMILES string of the molecule is NCCc1ncc2c(n1)CCOCC2. The first-order valence-corrected chi connectivity index (χ1v) is 5.01. The van der Waals surface area contributed by atoms with Crippen LogP contribution in [0.4, 0.5) is 0 Å². The van der Waals surface area contributed by atoms with Crippen LogP contribution in [-0.4, -0.2) is 29.7 Å². The first-order chi connectivity index (χ1) is 6.90. The van der Waals surface area contributed by atoms with Gasteiger partial charge in [-0.05, 0) is 18.5 Å². The van der Waals surface area contributed by atoms with E-state index in [4.69, 9.17) is 10.5 Å². The van der Waals surface area contributed by atoms with E-state index in [1.165, 1.54) is 5.56 Å². The van der Waals surface area contributed by atoms with Crippen molar-refractivity contribution >= 4 is 0 Å². The van der Waals surface area contributed by atoms with Crippen LogP contribution in [-0.2, 0) is 24.0 Å². The van der Waals surface area contributed by atoms with Crippen molar-refractivity contribution in [3.63, 3.8) is 0 Å². The second-order valence-electron chi connectivity index (χ2n) is 3.41. The minimum atomic E-state index is 0.606. The first kappa shape index (κ1) is 9.55. The lowest BCUT2D eigenvalue weighted by molar-refractivity contribution is 0.146. The Hall–Kier alpha value is -1.00. The van der Waals surface area contributed by atoms with Crippen LogP contribution in [0.1, 0.15) is 17.1 Å². The molecule has 0 aromatic carbocycles. The molecule has 1 aliphatic heterocycles. The molecule has 0 atom stereocenters. The molecule has 76 valence electrons. The normalized spacial score (nSPS) is 16.1. The molecule has 2 heterocycles. The maximum Gasteiger partial charge on any atom is 0.129 e. The zero-order chi connectivity index (χ0) is 9.80. The van der Waals surface area contributed by atoms with Gasteiger partial charge in [0.2, 0.25) is 0 Å². The van der Waals surface area contributed by atoms with Gasteiger partial charge in [-0.1, -0.05) is 0 Å². The summed E-state index contributed by atoms with van der Waals surface area (Å²) < 4.78 is 5.38. The zero-order valence-corrected chi connectivity index (χ0v) is 8.20. The molecule has 0 unspecified atom stereocenters. The fraction of sp³-hybridized carbons (Fsp3) is 0.600. The molecule has 1 aromatic rings. The Labute approximate surface area is 83.5 Å². The zero-order valence-electron chi connectivity index (χ0n) is 8.20. The van der Waals surface area contributed by atoms with Crippen LogP contribution in [0.15, 0.2) is 6.20 Å². The number of nitrogens with two attached hydrogens (primary N) is 1. The van der Waals surface area contributed by atoms with Gasteiger partial charge < -0.3 is 10.5 Å². The van der Waals surface area contributed by atoms with Crippen molar-refractivity contribution in [1.82, 2.24) is 9.97 Å². The van der Waals surface area contributed by atoms with Gasteiger partial charge in [-0.25, -0.2) is 9.97 Å². The maximum absolute atomic E-state index is 5.46. The van der Waals surface area contributed by atoms with Crippen molar-refractivity contribution in [2.45, 2.75) is 19.3 Å². The molecule has 0 aliphatic carbocycles. The summed E-state index contributed by atoms with van der Waals surface area (Å²) in [6.07, 6.45) is 4.50. The molecular weight excluding hydrogens is 178 g/mol. The van der Waals surface area contributed by atoms with Gasteiger partial charge in [-0.15, -0.1) is 0 Å². The van der Waals surface area contributed by atoms with Crippen LogP contribution < -0.4 is 5.73 Å². The smallest absolute Gasteiger partial charge is 0.129 e. The predicted octanol–water partition coefficient (Wildman–Crippen LogP) is 0.0930. The summed E-state index contributed by atoms with van der Waals surface area (Å²) >= 11 is 0. The average molecular weight is 193 g/mol. The molecule has 0 bridgehead atoms. The van der Waals surface area contributed by atoms with Crippen molar-refractivity contribution in [3.05, 3.63) is 23.3 Å². The van der Waals surface area contributed by atoms with Gasteiger partial charge in [0.15, 0.2) is 0 Å². The number of hydrogen-bond acceptors (Lipinski definition) is 4. The van der Waals surface area contributed by atoms with Gasteiger partial charge in [-0.2, -0.15) is 0 Å². The molecule has 14 heavy (non-hydrogen) atoms. The minimum Gasteiger partial charge on any atom is -0.381 e. The third-order valence-electron chi connectivity index (χ3n) is 2.37. The number of fused-ring (bicyclic) bond motifs is 1. The molecule has 0 saturated carbocycles. The summed E-state index contributed by atoms with van der Waals surface area (Å²) in [6.45, 7) is 2.16. The topological polar surface area (TPSA) is 61.0 Å². The van der Waals surface area contributed by atoms with Crippen LogP contribution in [0.5, 0.6) is 0 Å². The number of hydrogen-bond donors (Lipinski definition) is 1. The number of ether oxygens (including phenoxy) is 1. The third-order valence-corrected chi connectivity index (χ3v) is 2.37. The van der Waals surface area contributed by atoms with Crippen LogP contribution in [0, 0.1) is 0 Å². The van der Waals surface area contributed by atoms with Crippen LogP contribution in [0.2, 0.25) is 0 Å². The van der Waals surface area contributed by atoms with Gasteiger partial charge in [-0.3, -0.25) is 0 Å². The molecule has 1 aromatic heterocycles. The summed E-state index contributed by atoms with van der Waals surface area (Å²) in [5, 5.41) is 0. The number of aromatic nitrogens is 2. The fourth-order valence-electron chi connectivity index (χ4n) is 1.61. The standard InChI is InChI=1S/C10H15N3O/c11-4-1-10-12-7-8-2-5-14-6-3-9(8)13-10/h7H,1-6,11H2. The Morgan fingerprint density at radius 3 is 3.07 bits per heavy atom. The molecule has 0 spiro atoms. The van der Waals surface area contributed by atoms with E-state index in [0.717, 1.165) is 44.0 Å². The highest BCUT2D eigenvalue weighted by Gasteiger charge is 2.10. The van der Waals surface area contributed by atoms with E-state index >= 15 is 0 Å². The summed E-state index contributed by atoms with van der Waals surface area (Å²) in [5.41, 5.74) is 7.83. The average Bonchev–Trinajstić information content (AvgIpc) is 2.42. The van der Waals surface area contributed by atoms with Crippen LogP contribution in [0.25, 0.3) is 0 Å². The van der Waals surface area contributed by atoms with E-state index < -0.39 is 0 Å².